The Morgan fingerprint density at radius 1 is 1.64 bits per heavy atom. The molecule has 1 aliphatic carbocycles. The molecule has 1 rings (SSSR count). The van der Waals surface area contributed by atoms with Crippen LogP contribution in [0.2, 0.25) is 0 Å². The van der Waals surface area contributed by atoms with Crippen molar-refractivity contribution in [3.8, 4) is 0 Å². The zero-order chi connectivity index (χ0) is 8.65. The third-order valence-electron chi connectivity index (χ3n) is 2.15. The minimum Gasteiger partial charge on any atom is -0.388 e. The molecule has 0 saturated heterocycles. The van der Waals surface area contributed by atoms with Crippen LogP contribution in [0.4, 0.5) is 0 Å². The van der Waals surface area contributed by atoms with Crippen molar-refractivity contribution in [1.82, 2.24) is 0 Å². The maximum Gasteiger partial charge on any atom is 0.161 e. The van der Waals surface area contributed by atoms with E-state index in [0.717, 1.165) is 0 Å². The van der Waals surface area contributed by atoms with Crippen molar-refractivity contribution in [3.05, 3.63) is 12.2 Å². The highest BCUT2D eigenvalue weighted by Gasteiger charge is 2.34. The highest BCUT2D eigenvalue weighted by atomic mass is 16.3. The summed E-state index contributed by atoms with van der Waals surface area (Å²) in [4.78, 5) is 11.2. The van der Waals surface area contributed by atoms with Gasteiger partial charge in [0.2, 0.25) is 0 Å². The molecule has 62 valence electrons. The van der Waals surface area contributed by atoms with Crippen molar-refractivity contribution in [2.24, 2.45) is 5.41 Å². The van der Waals surface area contributed by atoms with Gasteiger partial charge in [-0.3, -0.25) is 4.79 Å². The quantitative estimate of drug-likeness (QED) is 0.534. The molecular weight excluding hydrogens is 140 g/mol. The van der Waals surface area contributed by atoms with Gasteiger partial charge in [-0.2, -0.15) is 0 Å². The topological polar surface area (TPSA) is 37.3 Å². The fourth-order valence-electron chi connectivity index (χ4n) is 1.45. The average molecular weight is 154 g/mol. The summed E-state index contributed by atoms with van der Waals surface area (Å²) in [6, 6.07) is 0. The SMILES string of the molecule is C=C1C(=O)CC(C)(C)CC1O. The summed E-state index contributed by atoms with van der Waals surface area (Å²) in [6.07, 6.45) is 0.548. The number of rotatable bonds is 0. The van der Waals surface area contributed by atoms with Gasteiger partial charge < -0.3 is 5.11 Å². The molecule has 0 aromatic carbocycles. The number of Topliss-reactive ketones (excluding diaryl/α,β-unsaturated/α-hetero) is 1. The van der Waals surface area contributed by atoms with Gasteiger partial charge >= 0.3 is 0 Å². The second kappa shape index (κ2) is 2.45. The van der Waals surface area contributed by atoms with Crippen LogP contribution in [0.3, 0.4) is 0 Å². The van der Waals surface area contributed by atoms with Crippen molar-refractivity contribution >= 4 is 5.78 Å². The van der Waals surface area contributed by atoms with Gasteiger partial charge in [-0.1, -0.05) is 20.4 Å². The predicted molar refractivity (Wildman–Crippen MR) is 43.2 cm³/mol. The molecular formula is C9H14O2. The van der Waals surface area contributed by atoms with Crippen LogP contribution in [-0.4, -0.2) is 17.0 Å². The van der Waals surface area contributed by atoms with Crippen LogP contribution in [0.5, 0.6) is 0 Å². The maximum atomic E-state index is 11.2. The van der Waals surface area contributed by atoms with Crippen molar-refractivity contribution in [2.75, 3.05) is 0 Å². The van der Waals surface area contributed by atoms with Crippen LogP contribution in [-0.2, 0) is 4.79 Å². The van der Waals surface area contributed by atoms with Crippen molar-refractivity contribution in [1.29, 1.82) is 0 Å². The van der Waals surface area contributed by atoms with E-state index in [-0.39, 0.29) is 11.2 Å². The van der Waals surface area contributed by atoms with Crippen LogP contribution >= 0.6 is 0 Å². The minimum atomic E-state index is -0.619. The average Bonchev–Trinajstić information content (AvgIpc) is 1.81. The Labute approximate surface area is 66.9 Å². The van der Waals surface area contributed by atoms with Crippen LogP contribution in [0.1, 0.15) is 26.7 Å². The highest BCUT2D eigenvalue weighted by molar-refractivity contribution is 5.96. The Morgan fingerprint density at radius 3 is 2.64 bits per heavy atom. The van der Waals surface area contributed by atoms with E-state index in [2.05, 4.69) is 6.58 Å². The molecule has 2 nitrogen and oxygen atoms in total. The molecule has 0 bridgehead atoms. The Hall–Kier alpha value is -0.630. The molecule has 1 atom stereocenters. The lowest BCUT2D eigenvalue weighted by Crippen LogP contribution is -2.33. The predicted octanol–water partition coefficient (Wildman–Crippen LogP) is 1.29. The number of carbonyl (C=O) groups excluding carboxylic acids is 1. The van der Waals surface area contributed by atoms with Crippen LogP contribution in [0.15, 0.2) is 12.2 Å². The summed E-state index contributed by atoms with van der Waals surface area (Å²) in [5.74, 6) is 0.00810. The first-order valence-electron chi connectivity index (χ1n) is 3.82. The van der Waals surface area contributed by atoms with Crippen molar-refractivity contribution in [3.63, 3.8) is 0 Å². The lowest BCUT2D eigenvalue weighted by molar-refractivity contribution is -0.120. The summed E-state index contributed by atoms with van der Waals surface area (Å²) in [5.41, 5.74) is 0.321. The number of hydrogen-bond donors (Lipinski definition) is 1. The van der Waals surface area contributed by atoms with E-state index in [1.54, 1.807) is 0 Å². The first kappa shape index (κ1) is 8.47. The molecule has 1 fully saturated rings. The van der Waals surface area contributed by atoms with Crippen LogP contribution in [0.25, 0.3) is 0 Å². The van der Waals surface area contributed by atoms with E-state index in [9.17, 15) is 9.90 Å². The molecule has 0 amide bonds. The van der Waals surface area contributed by atoms with Gasteiger partial charge in [-0.25, -0.2) is 0 Å². The minimum absolute atomic E-state index is 0.00810. The van der Waals surface area contributed by atoms with Gasteiger partial charge in [-0.15, -0.1) is 0 Å². The zero-order valence-electron chi connectivity index (χ0n) is 7.05. The largest absolute Gasteiger partial charge is 0.388 e. The molecule has 0 aromatic rings. The molecule has 1 N–H and O–H groups in total. The van der Waals surface area contributed by atoms with E-state index in [4.69, 9.17) is 0 Å². The number of aliphatic hydroxyl groups excluding tert-OH is 1. The van der Waals surface area contributed by atoms with Gasteiger partial charge in [-0.05, 0) is 11.8 Å². The third-order valence-corrected chi connectivity index (χ3v) is 2.15. The van der Waals surface area contributed by atoms with Gasteiger partial charge in [0.15, 0.2) is 5.78 Å². The summed E-state index contributed by atoms with van der Waals surface area (Å²) < 4.78 is 0. The molecule has 0 heterocycles. The van der Waals surface area contributed by atoms with Crippen LogP contribution in [0, 0.1) is 5.41 Å². The van der Waals surface area contributed by atoms with Gasteiger partial charge in [0.05, 0.1) is 6.10 Å². The second-order valence-corrected chi connectivity index (χ2v) is 4.01. The fourth-order valence-corrected chi connectivity index (χ4v) is 1.45. The molecule has 0 radical (unpaired) electrons. The Bertz CT molecular complexity index is 204. The number of hydrogen-bond acceptors (Lipinski definition) is 2. The number of aliphatic hydroxyl groups is 1. The third kappa shape index (κ3) is 1.69. The Kier molecular flexibility index (Phi) is 1.89. The normalized spacial score (nSPS) is 30.6. The van der Waals surface area contributed by atoms with E-state index in [0.29, 0.717) is 18.4 Å². The Balaban J connectivity index is 2.78. The molecule has 11 heavy (non-hydrogen) atoms. The molecule has 0 aliphatic heterocycles. The highest BCUT2D eigenvalue weighted by Crippen LogP contribution is 2.34. The second-order valence-electron chi connectivity index (χ2n) is 4.01. The first-order valence-corrected chi connectivity index (χ1v) is 3.82. The monoisotopic (exact) mass is 154 g/mol. The molecule has 1 saturated carbocycles. The van der Waals surface area contributed by atoms with Gasteiger partial charge in [0, 0.05) is 12.0 Å². The lowest BCUT2D eigenvalue weighted by Gasteiger charge is -2.32. The summed E-state index contributed by atoms with van der Waals surface area (Å²) in [7, 11) is 0. The molecule has 1 unspecified atom stereocenters. The zero-order valence-corrected chi connectivity index (χ0v) is 7.05. The van der Waals surface area contributed by atoms with E-state index in [1.165, 1.54) is 0 Å². The van der Waals surface area contributed by atoms with Gasteiger partial charge in [0.1, 0.15) is 0 Å². The number of carbonyl (C=O) groups is 1. The molecule has 0 aromatic heterocycles. The summed E-state index contributed by atoms with van der Waals surface area (Å²) in [5, 5.41) is 9.36. The van der Waals surface area contributed by atoms with Crippen LogP contribution < -0.4 is 0 Å². The standard InChI is InChI=1S/C9H14O2/c1-6-7(10)4-9(2,3)5-8(6)11/h7,10H,1,4-5H2,2-3H3. The fraction of sp³-hybridized carbons (Fsp3) is 0.667. The lowest BCUT2D eigenvalue weighted by atomic mass is 9.74. The Morgan fingerprint density at radius 2 is 2.18 bits per heavy atom. The smallest absolute Gasteiger partial charge is 0.161 e. The summed E-state index contributed by atoms with van der Waals surface area (Å²) in [6.45, 7) is 7.52. The number of ketones is 1. The summed E-state index contributed by atoms with van der Waals surface area (Å²) >= 11 is 0. The van der Waals surface area contributed by atoms with Crippen molar-refractivity contribution < 1.29 is 9.90 Å². The van der Waals surface area contributed by atoms with Crippen molar-refractivity contribution in [2.45, 2.75) is 32.8 Å². The molecule has 2 heteroatoms. The van der Waals surface area contributed by atoms with E-state index in [1.807, 2.05) is 13.8 Å². The van der Waals surface area contributed by atoms with E-state index < -0.39 is 6.10 Å². The first-order chi connectivity index (χ1) is 4.92. The van der Waals surface area contributed by atoms with Gasteiger partial charge in [0.25, 0.3) is 0 Å². The maximum absolute atomic E-state index is 11.2. The van der Waals surface area contributed by atoms with E-state index >= 15 is 0 Å². The molecule has 0 spiro atoms. The molecule has 1 aliphatic rings.